The second kappa shape index (κ2) is 8.05. The number of nitrogens with zero attached hydrogens (tertiary/aromatic N) is 3. The summed E-state index contributed by atoms with van der Waals surface area (Å²) in [5.74, 6) is 0.318. The zero-order valence-corrected chi connectivity index (χ0v) is 16.5. The highest BCUT2D eigenvalue weighted by Crippen LogP contribution is 2.28. The van der Waals surface area contributed by atoms with Crippen molar-refractivity contribution in [1.82, 2.24) is 15.5 Å². The lowest BCUT2D eigenvalue weighted by Crippen LogP contribution is -2.32. The molecule has 2 aromatic carbocycles. The second-order valence-electron chi connectivity index (χ2n) is 6.94. The van der Waals surface area contributed by atoms with Crippen molar-refractivity contribution in [2.24, 2.45) is 5.92 Å². The van der Waals surface area contributed by atoms with Crippen LogP contribution < -0.4 is 10.2 Å². The van der Waals surface area contributed by atoms with Crippen molar-refractivity contribution in [1.29, 1.82) is 0 Å². The van der Waals surface area contributed by atoms with Crippen LogP contribution >= 0.6 is 11.6 Å². The minimum Gasteiger partial charge on any atom is -0.352 e. The summed E-state index contributed by atoms with van der Waals surface area (Å²) in [7, 11) is 0. The van der Waals surface area contributed by atoms with Gasteiger partial charge in [-0.3, -0.25) is 9.59 Å². The van der Waals surface area contributed by atoms with E-state index in [1.165, 1.54) is 0 Å². The Morgan fingerprint density at radius 3 is 2.79 bits per heavy atom. The Labute approximate surface area is 172 Å². The van der Waals surface area contributed by atoms with Crippen molar-refractivity contribution in [2.45, 2.75) is 19.9 Å². The van der Waals surface area contributed by atoms with Gasteiger partial charge in [-0.2, -0.15) is 4.98 Å². The number of amides is 2. The van der Waals surface area contributed by atoms with Crippen LogP contribution in [0.3, 0.4) is 0 Å². The first-order valence-electron chi connectivity index (χ1n) is 9.23. The van der Waals surface area contributed by atoms with E-state index < -0.39 is 5.92 Å². The van der Waals surface area contributed by atoms with Gasteiger partial charge in [0.25, 0.3) is 0 Å². The summed E-state index contributed by atoms with van der Waals surface area (Å²) in [6.45, 7) is 2.45. The summed E-state index contributed by atoms with van der Waals surface area (Å²) in [6.07, 6.45) is 0.179. The van der Waals surface area contributed by atoms with Gasteiger partial charge in [-0.1, -0.05) is 41.0 Å². The standard InChI is InChI=1S/C21H19ClN4O3/c1-13-24-20(25-29-13)15-3-2-4-18(9-15)26-12-16(10-19(26)27)21(28)23-11-14-5-7-17(22)8-6-14/h2-9,16H,10-12H2,1H3,(H,23,28). The predicted octanol–water partition coefficient (Wildman–Crippen LogP) is 3.37. The summed E-state index contributed by atoms with van der Waals surface area (Å²) in [5, 5.41) is 7.46. The molecule has 7 nitrogen and oxygen atoms in total. The molecule has 1 fully saturated rings. The van der Waals surface area contributed by atoms with Crippen molar-refractivity contribution in [3.63, 3.8) is 0 Å². The number of carbonyl (C=O) groups excluding carboxylic acids is 2. The molecule has 2 heterocycles. The molecule has 0 radical (unpaired) electrons. The minimum atomic E-state index is -0.397. The van der Waals surface area contributed by atoms with Gasteiger partial charge < -0.3 is 14.7 Å². The quantitative estimate of drug-likeness (QED) is 0.696. The average molecular weight is 411 g/mol. The van der Waals surface area contributed by atoms with Gasteiger partial charge in [0.05, 0.1) is 5.92 Å². The molecule has 0 saturated carbocycles. The molecule has 1 N–H and O–H groups in total. The number of rotatable bonds is 5. The van der Waals surface area contributed by atoms with Gasteiger partial charge in [0.1, 0.15) is 0 Å². The highest BCUT2D eigenvalue weighted by molar-refractivity contribution is 6.30. The van der Waals surface area contributed by atoms with Crippen LogP contribution in [-0.2, 0) is 16.1 Å². The third-order valence-electron chi connectivity index (χ3n) is 4.82. The van der Waals surface area contributed by atoms with E-state index in [0.29, 0.717) is 35.5 Å². The van der Waals surface area contributed by atoms with E-state index in [9.17, 15) is 9.59 Å². The molecule has 8 heteroatoms. The molecule has 0 bridgehead atoms. The Hall–Kier alpha value is -3.19. The number of anilines is 1. The van der Waals surface area contributed by atoms with E-state index in [0.717, 1.165) is 11.1 Å². The Kier molecular flexibility index (Phi) is 5.31. The number of benzene rings is 2. The van der Waals surface area contributed by atoms with Crippen LogP contribution in [0, 0.1) is 12.8 Å². The molecule has 1 aliphatic heterocycles. The fourth-order valence-electron chi connectivity index (χ4n) is 3.30. The molecular weight excluding hydrogens is 392 g/mol. The van der Waals surface area contributed by atoms with Crippen LogP contribution in [0.4, 0.5) is 5.69 Å². The first-order chi connectivity index (χ1) is 14.0. The summed E-state index contributed by atoms with van der Waals surface area (Å²) in [4.78, 5) is 30.9. The van der Waals surface area contributed by atoms with Crippen LogP contribution in [0.1, 0.15) is 17.9 Å². The number of halogens is 1. The molecule has 3 aromatic rings. The van der Waals surface area contributed by atoms with Crippen molar-refractivity contribution < 1.29 is 14.1 Å². The molecule has 1 saturated heterocycles. The molecule has 29 heavy (non-hydrogen) atoms. The van der Waals surface area contributed by atoms with E-state index in [4.69, 9.17) is 16.1 Å². The summed E-state index contributed by atoms with van der Waals surface area (Å²) in [6, 6.07) is 14.6. The monoisotopic (exact) mass is 410 g/mol. The first-order valence-corrected chi connectivity index (χ1v) is 9.60. The van der Waals surface area contributed by atoms with Crippen LogP contribution in [-0.4, -0.2) is 28.5 Å². The largest absolute Gasteiger partial charge is 0.352 e. The highest BCUT2D eigenvalue weighted by Gasteiger charge is 2.35. The fourth-order valence-corrected chi connectivity index (χ4v) is 3.42. The Morgan fingerprint density at radius 2 is 2.07 bits per heavy atom. The average Bonchev–Trinajstić information content (AvgIpc) is 3.33. The molecule has 1 unspecified atom stereocenters. The van der Waals surface area contributed by atoms with Crippen molar-refractivity contribution in [3.05, 3.63) is 65.0 Å². The topological polar surface area (TPSA) is 88.3 Å². The van der Waals surface area contributed by atoms with E-state index in [1.54, 1.807) is 24.0 Å². The van der Waals surface area contributed by atoms with Gasteiger partial charge in [0.2, 0.25) is 23.5 Å². The molecule has 1 atom stereocenters. The van der Waals surface area contributed by atoms with E-state index in [2.05, 4.69) is 15.5 Å². The lowest BCUT2D eigenvalue weighted by atomic mass is 10.1. The number of aromatic nitrogens is 2. The summed E-state index contributed by atoms with van der Waals surface area (Å²) in [5.41, 5.74) is 2.41. The van der Waals surface area contributed by atoms with Gasteiger partial charge in [0.15, 0.2) is 0 Å². The molecule has 1 aromatic heterocycles. The summed E-state index contributed by atoms with van der Waals surface area (Å²) >= 11 is 5.88. The van der Waals surface area contributed by atoms with Crippen LogP contribution in [0.25, 0.3) is 11.4 Å². The first kappa shape index (κ1) is 19.1. The van der Waals surface area contributed by atoms with Gasteiger partial charge in [0, 0.05) is 42.7 Å². The van der Waals surface area contributed by atoms with E-state index in [-0.39, 0.29) is 18.2 Å². The normalized spacial score (nSPS) is 16.3. The smallest absolute Gasteiger partial charge is 0.227 e. The molecule has 148 valence electrons. The lowest BCUT2D eigenvalue weighted by molar-refractivity contribution is -0.126. The number of carbonyl (C=O) groups is 2. The van der Waals surface area contributed by atoms with Crippen molar-refractivity contribution in [2.75, 3.05) is 11.4 Å². The Morgan fingerprint density at radius 1 is 1.28 bits per heavy atom. The number of hydrogen-bond acceptors (Lipinski definition) is 5. The Balaban J connectivity index is 1.42. The molecule has 4 rings (SSSR count). The van der Waals surface area contributed by atoms with Gasteiger partial charge in [-0.15, -0.1) is 0 Å². The highest BCUT2D eigenvalue weighted by atomic mass is 35.5. The van der Waals surface area contributed by atoms with Gasteiger partial charge in [-0.05, 0) is 29.8 Å². The van der Waals surface area contributed by atoms with Gasteiger partial charge >= 0.3 is 0 Å². The maximum atomic E-state index is 12.6. The fraction of sp³-hybridized carbons (Fsp3) is 0.238. The van der Waals surface area contributed by atoms with E-state index >= 15 is 0 Å². The zero-order chi connectivity index (χ0) is 20.4. The molecular formula is C21H19ClN4O3. The molecule has 1 aliphatic rings. The van der Waals surface area contributed by atoms with E-state index in [1.807, 2.05) is 36.4 Å². The predicted molar refractivity (Wildman–Crippen MR) is 108 cm³/mol. The maximum Gasteiger partial charge on any atom is 0.227 e. The maximum absolute atomic E-state index is 12.6. The summed E-state index contributed by atoms with van der Waals surface area (Å²) < 4.78 is 5.02. The third-order valence-corrected chi connectivity index (χ3v) is 5.07. The molecule has 2 amide bonds. The SMILES string of the molecule is Cc1nc(-c2cccc(N3CC(C(=O)NCc4ccc(Cl)cc4)CC3=O)c2)no1. The molecule has 0 spiro atoms. The molecule has 0 aliphatic carbocycles. The Bertz CT molecular complexity index is 1050. The van der Waals surface area contributed by atoms with Crippen molar-refractivity contribution in [3.8, 4) is 11.4 Å². The van der Waals surface area contributed by atoms with Crippen LogP contribution in [0.15, 0.2) is 53.1 Å². The van der Waals surface area contributed by atoms with Crippen LogP contribution in [0.2, 0.25) is 5.02 Å². The number of aryl methyl sites for hydroxylation is 1. The minimum absolute atomic E-state index is 0.0851. The van der Waals surface area contributed by atoms with Crippen LogP contribution in [0.5, 0.6) is 0 Å². The third kappa shape index (κ3) is 4.30. The zero-order valence-electron chi connectivity index (χ0n) is 15.8. The second-order valence-corrected chi connectivity index (χ2v) is 7.37. The van der Waals surface area contributed by atoms with Gasteiger partial charge in [-0.25, -0.2) is 0 Å². The van der Waals surface area contributed by atoms with Crippen molar-refractivity contribution >= 4 is 29.1 Å². The number of nitrogens with one attached hydrogen (secondary N) is 1. The lowest BCUT2D eigenvalue weighted by Gasteiger charge is -2.17. The number of hydrogen-bond donors (Lipinski definition) is 1.